The third kappa shape index (κ3) is 5.27. The summed E-state index contributed by atoms with van der Waals surface area (Å²) in [4.78, 5) is 19.1. The van der Waals surface area contributed by atoms with E-state index in [1.165, 1.54) is 34.9 Å². The van der Waals surface area contributed by atoms with Crippen molar-refractivity contribution < 1.29 is 27.1 Å². The van der Waals surface area contributed by atoms with Crippen LogP contribution in [-0.2, 0) is 12.7 Å². The predicted octanol–water partition coefficient (Wildman–Crippen LogP) is 6.44. The van der Waals surface area contributed by atoms with Crippen molar-refractivity contribution in [3.05, 3.63) is 83.6 Å². The van der Waals surface area contributed by atoms with Gasteiger partial charge < -0.3 is 15.0 Å². The summed E-state index contributed by atoms with van der Waals surface area (Å²) in [6.07, 6.45) is -2.97. The largest absolute Gasteiger partial charge is 0.454 e. The lowest BCUT2D eigenvalue weighted by molar-refractivity contribution is -0.137. The van der Waals surface area contributed by atoms with Gasteiger partial charge in [0.2, 0.25) is 0 Å². The minimum atomic E-state index is -4.54. The van der Waals surface area contributed by atoms with Gasteiger partial charge in [-0.15, -0.1) is 0 Å². The maximum atomic E-state index is 15.3. The molecule has 0 radical (unpaired) electrons. The number of carbonyl (C=O) groups is 1. The molecule has 4 aromatic rings. The number of anilines is 1. The first-order chi connectivity index (χ1) is 16.5. The molecule has 1 N–H and O–H groups in total. The number of fused-ring (bicyclic) bond motifs is 1. The zero-order valence-corrected chi connectivity index (χ0v) is 19.2. The minimum Gasteiger partial charge on any atom is -0.454 e. The summed E-state index contributed by atoms with van der Waals surface area (Å²) in [6.45, 7) is 2.18. The normalized spacial score (nSPS) is 11.8. The monoisotopic (exact) mass is 486 g/mol. The number of carbonyl (C=O) groups excluding carboxylic acids is 1. The van der Waals surface area contributed by atoms with E-state index >= 15 is 4.39 Å². The van der Waals surface area contributed by atoms with E-state index in [-0.39, 0.29) is 22.3 Å². The number of aryl methyl sites for hydroxylation is 1. The molecule has 2 aromatic heterocycles. The fourth-order valence-electron chi connectivity index (χ4n) is 3.72. The summed E-state index contributed by atoms with van der Waals surface area (Å²) in [5, 5.41) is 2.59. The summed E-state index contributed by atoms with van der Waals surface area (Å²) in [5.74, 6) is -0.286. The van der Waals surface area contributed by atoms with Gasteiger partial charge in [-0.3, -0.25) is 9.55 Å². The van der Waals surface area contributed by atoms with Crippen LogP contribution in [0.25, 0.3) is 10.9 Å². The molecule has 4 rings (SSSR count). The highest BCUT2D eigenvalue weighted by molar-refractivity contribution is 6.00. The Balaban J connectivity index is 1.62. The molecule has 0 fully saturated rings. The van der Waals surface area contributed by atoms with Crippen molar-refractivity contribution in [2.75, 3.05) is 19.4 Å². The van der Waals surface area contributed by atoms with E-state index in [2.05, 4.69) is 10.3 Å². The highest BCUT2D eigenvalue weighted by atomic mass is 19.4. The molecule has 6 nitrogen and oxygen atoms in total. The van der Waals surface area contributed by atoms with E-state index in [4.69, 9.17) is 4.74 Å². The molecule has 2 aromatic carbocycles. The van der Waals surface area contributed by atoms with Crippen LogP contribution in [0.2, 0.25) is 0 Å². The Bertz CT molecular complexity index is 1400. The van der Waals surface area contributed by atoms with E-state index in [0.717, 1.165) is 17.8 Å². The molecule has 1 amide bonds. The fraction of sp³-hybridized carbons (Fsp3) is 0.200. The average Bonchev–Trinajstić information content (AvgIpc) is 3.12. The van der Waals surface area contributed by atoms with Crippen molar-refractivity contribution in [1.82, 2.24) is 14.5 Å². The average molecular weight is 486 g/mol. The van der Waals surface area contributed by atoms with E-state index in [1.54, 1.807) is 25.3 Å². The topological polar surface area (TPSA) is 59.4 Å². The number of hydrogen-bond donors (Lipinski definition) is 1. The highest BCUT2D eigenvalue weighted by Gasteiger charge is 2.30. The lowest BCUT2D eigenvalue weighted by Crippen LogP contribution is -2.20. The standard InChI is InChI=1S/C25H22F4N4O2/c1-15-11-20-21(33(15)24(34)31-17-6-4-5-16(12-17)25(27,28)29)7-8-22(23(20)26)35-19-9-10-30-18(13-19)14-32(2)3/h4-13H,14H2,1-3H3,(H,31,34). The number of nitrogens with one attached hydrogen (secondary N) is 1. The van der Waals surface area contributed by atoms with Crippen LogP contribution >= 0.6 is 0 Å². The van der Waals surface area contributed by atoms with Gasteiger partial charge in [0, 0.05) is 35.6 Å². The molecule has 0 saturated carbocycles. The van der Waals surface area contributed by atoms with E-state index in [0.29, 0.717) is 18.0 Å². The van der Waals surface area contributed by atoms with Crippen LogP contribution in [-0.4, -0.2) is 34.6 Å². The zero-order valence-electron chi connectivity index (χ0n) is 19.2. The Labute approximate surface area is 198 Å². The number of alkyl halides is 3. The first-order valence-electron chi connectivity index (χ1n) is 10.6. The van der Waals surface area contributed by atoms with Crippen LogP contribution in [0.3, 0.4) is 0 Å². The summed E-state index contributed by atoms with van der Waals surface area (Å²) < 4.78 is 61.2. The Morgan fingerprint density at radius 2 is 1.89 bits per heavy atom. The van der Waals surface area contributed by atoms with Gasteiger partial charge in [0.15, 0.2) is 11.6 Å². The minimum absolute atomic E-state index is 0.0299. The van der Waals surface area contributed by atoms with Gasteiger partial charge in [0.25, 0.3) is 0 Å². The van der Waals surface area contributed by atoms with Crippen molar-refractivity contribution in [2.45, 2.75) is 19.6 Å². The molecule has 0 spiro atoms. The number of amides is 1. The number of benzene rings is 2. The number of pyridine rings is 1. The van der Waals surface area contributed by atoms with Gasteiger partial charge in [-0.1, -0.05) is 6.07 Å². The van der Waals surface area contributed by atoms with E-state index in [1.807, 2.05) is 19.0 Å². The molecule has 2 heterocycles. The number of halogens is 4. The van der Waals surface area contributed by atoms with Crippen LogP contribution in [0.1, 0.15) is 17.0 Å². The number of hydrogen-bond acceptors (Lipinski definition) is 4. The number of rotatable bonds is 5. The Kier molecular flexibility index (Phi) is 6.49. The van der Waals surface area contributed by atoms with Crippen LogP contribution in [0.15, 0.2) is 60.8 Å². The van der Waals surface area contributed by atoms with Gasteiger partial charge in [-0.25, -0.2) is 9.18 Å². The zero-order chi connectivity index (χ0) is 25.3. The van der Waals surface area contributed by atoms with Gasteiger partial charge in [-0.05, 0) is 63.5 Å². The Hall–Kier alpha value is -3.92. The van der Waals surface area contributed by atoms with Crippen LogP contribution in [0, 0.1) is 12.7 Å². The Morgan fingerprint density at radius 3 is 2.60 bits per heavy atom. The van der Waals surface area contributed by atoms with Crippen LogP contribution in [0.5, 0.6) is 11.5 Å². The molecule has 35 heavy (non-hydrogen) atoms. The highest BCUT2D eigenvalue weighted by Crippen LogP contribution is 2.33. The van der Waals surface area contributed by atoms with Gasteiger partial charge in [0.05, 0.1) is 16.8 Å². The second-order valence-electron chi connectivity index (χ2n) is 8.26. The second kappa shape index (κ2) is 9.38. The quantitative estimate of drug-likeness (QED) is 0.330. The SMILES string of the molecule is Cc1cc2c(F)c(Oc3ccnc(CN(C)C)c3)ccc2n1C(=O)Nc1cccc(C(F)(F)F)c1. The molecule has 0 atom stereocenters. The van der Waals surface area contributed by atoms with E-state index < -0.39 is 23.6 Å². The molecule has 182 valence electrons. The first-order valence-corrected chi connectivity index (χ1v) is 10.6. The van der Waals surface area contributed by atoms with Gasteiger partial charge in [0.1, 0.15) is 5.75 Å². The summed E-state index contributed by atoms with van der Waals surface area (Å²) >= 11 is 0. The maximum absolute atomic E-state index is 15.3. The third-order valence-corrected chi connectivity index (χ3v) is 5.21. The summed E-state index contributed by atoms with van der Waals surface area (Å²) in [6, 6.07) is 11.3. The van der Waals surface area contributed by atoms with Crippen molar-refractivity contribution >= 4 is 22.6 Å². The molecule has 0 unspecified atom stereocenters. The summed E-state index contributed by atoms with van der Waals surface area (Å²) in [5.41, 5.74) is 0.486. The van der Waals surface area contributed by atoms with Gasteiger partial charge in [-0.2, -0.15) is 13.2 Å². The number of aromatic nitrogens is 2. The Morgan fingerprint density at radius 1 is 1.11 bits per heavy atom. The van der Waals surface area contributed by atoms with E-state index in [9.17, 15) is 18.0 Å². The fourth-order valence-corrected chi connectivity index (χ4v) is 3.72. The molecule has 0 saturated heterocycles. The summed E-state index contributed by atoms with van der Waals surface area (Å²) in [7, 11) is 3.80. The van der Waals surface area contributed by atoms with Crippen molar-refractivity contribution in [3.63, 3.8) is 0 Å². The molecule has 0 bridgehead atoms. The maximum Gasteiger partial charge on any atom is 0.416 e. The number of nitrogens with zero attached hydrogens (tertiary/aromatic N) is 3. The second-order valence-corrected chi connectivity index (χ2v) is 8.26. The van der Waals surface area contributed by atoms with Crippen molar-refractivity contribution in [3.8, 4) is 11.5 Å². The molecule has 0 aliphatic carbocycles. The van der Waals surface area contributed by atoms with Crippen molar-refractivity contribution in [1.29, 1.82) is 0 Å². The predicted molar refractivity (Wildman–Crippen MR) is 124 cm³/mol. The third-order valence-electron chi connectivity index (χ3n) is 5.21. The molecule has 10 heteroatoms. The van der Waals surface area contributed by atoms with Crippen LogP contribution in [0.4, 0.5) is 28.0 Å². The molecular formula is C25H22F4N4O2. The lowest BCUT2D eigenvalue weighted by Gasteiger charge is -2.13. The van der Waals surface area contributed by atoms with Crippen LogP contribution < -0.4 is 10.1 Å². The van der Waals surface area contributed by atoms with Crippen molar-refractivity contribution in [2.24, 2.45) is 0 Å². The molecular weight excluding hydrogens is 464 g/mol. The number of ether oxygens (including phenoxy) is 1. The first kappa shape index (κ1) is 24.2. The van der Waals surface area contributed by atoms with Gasteiger partial charge >= 0.3 is 12.2 Å². The molecule has 0 aliphatic rings. The molecule has 0 aliphatic heterocycles. The lowest BCUT2D eigenvalue weighted by atomic mass is 10.2. The smallest absolute Gasteiger partial charge is 0.416 e.